The number of aryl methyl sites for hydroxylation is 2. The van der Waals surface area contributed by atoms with E-state index in [-0.39, 0.29) is 0 Å². The molecule has 0 unspecified atom stereocenters. The van der Waals surface area contributed by atoms with Crippen molar-refractivity contribution < 1.29 is 0 Å². The van der Waals surface area contributed by atoms with Crippen molar-refractivity contribution in [2.75, 3.05) is 0 Å². The van der Waals surface area contributed by atoms with Crippen molar-refractivity contribution >= 4 is 0 Å². The molecule has 0 heteroatoms. The van der Waals surface area contributed by atoms with Crippen molar-refractivity contribution in [3.8, 4) is 23.7 Å². The van der Waals surface area contributed by atoms with Crippen LogP contribution in [0.5, 0.6) is 0 Å². The summed E-state index contributed by atoms with van der Waals surface area (Å²) in [6.07, 6.45) is 12.4. The molecule has 0 nitrogen and oxygen atoms in total. The van der Waals surface area contributed by atoms with Gasteiger partial charge in [0.1, 0.15) is 0 Å². The summed E-state index contributed by atoms with van der Waals surface area (Å²) in [5, 5.41) is 0. The molecule has 0 radical (unpaired) electrons. The van der Waals surface area contributed by atoms with Crippen molar-refractivity contribution in [2.24, 2.45) is 0 Å². The normalized spacial score (nSPS) is 13.1. The van der Waals surface area contributed by atoms with Crippen LogP contribution in [0.3, 0.4) is 0 Å². The van der Waals surface area contributed by atoms with E-state index in [9.17, 15) is 0 Å². The Hall–Kier alpha value is -3.22. The summed E-state index contributed by atoms with van der Waals surface area (Å²) in [6.45, 7) is 4.48. The summed E-state index contributed by atoms with van der Waals surface area (Å²) in [7, 11) is 0. The first kappa shape index (κ1) is 24.9. The molecule has 4 rings (SSSR count). The number of rotatable bonds is 7. The summed E-state index contributed by atoms with van der Waals surface area (Å²) < 4.78 is 0. The Kier molecular flexibility index (Phi) is 9.26. The molecule has 3 aromatic rings. The molecular formula is C35H38. The lowest BCUT2D eigenvalue weighted by molar-refractivity contribution is 0.721. The molecule has 1 fully saturated rings. The molecule has 1 aliphatic carbocycles. The Bertz CT molecular complexity index is 1200. The van der Waals surface area contributed by atoms with Gasteiger partial charge < -0.3 is 0 Å². The minimum Gasteiger partial charge on any atom is -0.0654 e. The van der Waals surface area contributed by atoms with Gasteiger partial charge in [-0.1, -0.05) is 87.5 Å². The predicted molar refractivity (Wildman–Crippen MR) is 150 cm³/mol. The molecule has 35 heavy (non-hydrogen) atoms. The molecule has 0 aromatic heterocycles. The number of benzene rings is 3. The second-order valence-corrected chi connectivity index (χ2v) is 9.88. The van der Waals surface area contributed by atoms with E-state index in [2.05, 4.69) is 104 Å². The van der Waals surface area contributed by atoms with Crippen LogP contribution in [0, 0.1) is 23.7 Å². The molecule has 0 heterocycles. The molecule has 0 atom stereocenters. The quantitative estimate of drug-likeness (QED) is 0.310. The third-order valence-electron chi connectivity index (χ3n) is 7.09. The number of hydrogen-bond donors (Lipinski definition) is 0. The third-order valence-corrected chi connectivity index (χ3v) is 7.09. The molecular weight excluding hydrogens is 420 g/mol. The van der Waals surface area contributed by atoms with Crippen LogP contribution in [0.25, 0.3) is 0 Å². The highest BCUT2D eigenvalue weighted by Gasteiger charge is 2.19. The summed E-state index contributed by atoms with van der Waals surface area (Å²) in [5.74, 6) is 14.3. The smallest absolute Gasteiger partial charge is 0.0284 e. The van der Waals surface area contributed by atoms with E-state index in [0.717, 1.165) is 35.1 Å². The maximum absolute atomic E-state index is 3.49. The summed E-state index contributed by atoms with van der Waals surface area (Å²) in [6, 6.07) is 24.2. The molecule has 0 aliphatic heterocycles. The lowest BCUT2D eigenvalue weighted by Gasteiger charge is -2.12. The standard InChI is InChI=1S/C35H38/c1-3-5-9-28-13-17-30(18-14-28)21-22-32-24-26-34(35(27-32)33-11-7-8-12-33)25-23-31-19-15-29(16-20-31)10-6-4-2/h13-20,24,26-27,33H,3-12H2,1-2H3. The van der Waals surface area contributed by atoms with Crippen molar-refractivity contribution in [2.45, 2.75) is 84.0 Å². The van der Waals surface area contributed by atoms with Crippen molar-refractivity contribution in [1.82, 2.24) is 0 Å². The Morgan fingerprint density at radius 3 is 1.63 bits per heavy atom. The van der Waals surface area contributed by atoms with Crippen LogP contribution in [0.1, 0.15) is 110 Å². The Labute approximate surface area is 213 Å². The zero-order chi connectivity index (χ0) is 24.3. The largest absolute Gasteiger partial charge is 0.0654 e. The first-order valence-electron chi connectivity index (χ1n) is 13.6. The summed E-state index contributed by atoms with van der Waals surface area (Å²) in [4.78, 5) is 0. The van der Waals surface area contributed by atoms with Crippen LogP contribution < -0.4 is 0 Å². The fourth-order valence-electron chi connectivity index (χ4n) is 4.88. The second-order valence-electron chi connectivity index (χ2n) is 9.88. The Morgan fingerprint density at radius 1 is 0.600 bits per heavy atom. The van der Waals surface area contributed by atoms with Crippen molar-refractivity contribution in [3.05, 3.63) is 106 Å². The van der Waals surface area contributed by atoms with Crippen molar-refractivity contribution in [3.63, 3.8) is 0 Å². The topological polar surface area (TPSA) is 0 Å². The second kappa shape index (κ2) is 13.0. The van der Waals surface area contributed by atoms with E-state index in [4.69, 9.17) is 0 Å². The van der Waals surface area contributed by atoms with Gasteiger partial charge in [0.2, 0.25) is 0 Å². The van der Waals surface area contributed by atoms with E-state index in [0.29, 0.717) is 5.92 Å². The monoisotopic (exact) mass is 458 g/mol. The highest BCUT2D eigenvalue weighted by atomic mass is 14.2. The van der Waals surface area contributed by atoms with Crippen molar-refractivity contribution in [1.29, 1.82) is 0 Å². The van der Waals surface area contributed by atoms with Gasteiger partial charge in [-0.3, -0.25) is 0 Å². The van der Waals surface area contributed by atoms with E-state index >= 15 is 0 Å². The third kappa shape index (κ3) is 7.38. The Morgan fingerprint density at radius 2 is 1.09 bits per heavy atom. The molecule has 0 saturated heterocycles. The molecule has 3 aromatic carbocycles. The lowest BCUT2D eigenvalue weighted by atomic mass is 9.91. The highest BCUT2D eigenvalue weighted by Crippen LogP contribution is 2.36. The van der Waals surface area contributed by atoms with E-state index in [1.165, 1.54) is 68.1 Å². The van der Waals surface area contributed by atoms with Gasteiger partial charge in [0.05, 0.1) is 0 Å². The van der Waals surface area contributed by atoms with Crippen LogP contribution in [0.15, 0.2) is 66.7 Å². The fraction of sp³-hybridized carbons (Fsp3) is 0.371. The van der Waals surface area contributed by atoms with Gasteiger partial charge in [0.15, 0.2) is 0 Å². The van der Waals surface area contributed by atoms with Gasteiger partial charge >= 0.3 is 0 Å². The van der Waals surface area contributed by atoms with Gasteiger partial charge in [-0.05, 0) is 104 Å². The zero-order valence-corrected chi connectivity index (χ0v) is 21.5. The van der Waals surface area contributed by atoms with E-state index in [1.807, 2.05) is 0 Å². The van der Waals surface area contributed by atoms with Gasteiger partial charge in [0.25, 0.3) is 0 Å². The molecule has 0 amide bonds. The molecule has 0 bridgehead atoms. The fourth-order valence-corrected chi connectivity index (χ4v) is 4.88. The number of unbranched alkanes of at least 4 members (excludes halogenated alkanes) is 2. The van der Waals surface area contributed by atoms with E-state index < -0.39 is 0 Å². The molecule has 1 saturated carbocycles. The van der Waals surface area contributed by atoms with Crippen LogP contribution in [-0.2, 0) is 12.8 Å². The molecule has 0 N–H and O–H groups in total. The van der Waals surface area contributed by atoms with Gasteiger partial charge in [0, 0.05) is 22.3 Å². The highest BCUT2D eigenvalue weighted by molar-refractivity contribution is 5.53. The van der Waals surface area contributed by atoms with Gasteiger partial charge in [-0.2, -0.15) is 0 Å². The predicted octanol–water partition coefficient (Wildman–Crippen LogP) is 8.83. The number of hydrogen-bond acceptors (Lipinski definition) is 0. The molecule has 0 spiro atoms. The maximum atomic E-state index is 3.49. The van der Waals surface area contributed by atoms with Crippen LogP contribution in [0.4, 0.5) is 0 Å². The van der Waals surface area contributed by atoms with Crippen LogP contribution in [-0.4, -0.2) is 0 Å². The summed E-state index contributed by atoms with van der Waals surface area (Å²) in [5.41, 5.74) is 8.62. The first-order chi connectivity index (χ1) is 17.2. The molecule has 1 aliphatic rings. The lowest BCUT2D eigenvalue weighted by Crippen LogP contribution is -1.97. The average molecular weight is 459 g/mol. The minimum absolute atomic E-state index is 0.607. The summed E-state index contributed by atoms with van der Waals surface area (Å²) >= 11 is 0. The average Bonchev–Trinajstić information content (AvgIpc) is 3.45. The van der Waals surface area contributed by atoms with Gasteiger partial charge in [-0.15, -0.1) is 0 Å². The Balaban J connectivity index is 1.53. The SMILES string of the molecule is CCCCc1ccc(C#Cc2ccc(C#Cc3ccc(CCCC)cc3)c(C3CCCC3)c2)cc1. The van der Waals surface area contributed by atoms with Crippen LogP contribution in [0.2, 0.25) is 0 Å². The zero-order valence-electron chi connectivity index (χ0n) is 21.5. The van der Waals surface area contributed by atoms with Crippen LogP contribution >= 0.6 is 0 Å². The van der Waals surface area contributed by atoms with Gasteiger partial charge in [-0.25, -0.2) is 0 Å². The maximum Gasteiger partial charge on any atom is 0.0284 e. The molecule has 178 valence electrons. The minimum atomic E-state index is 0.607. The van der Waals surface area contributed by atoms with E-state index in [1.54, 1.807) is 0 Å². The first-order valence-corrected chi connectivity index (χ1v) is 13.6.